The Morgan fingerprint density at radius 2 is 1.78 bits per heavy atom. The van der Waals surface area contributed by atoms with Crippen LogP contribution in [0.25, 0.3) is 0 Å². The molecule has 2 saturated heterocycles. The molecule has 2 fully saturated rings. The molecule has 0 radical (unpaired) electrons. The van der Waals surface area contributed by atoms with Gasteiger partial charge >= 0.3 is 6.03 Å². The Balaban J connectivity index is 1.45. The zero-order chi connectivity index (χ0) is 19.0. The number of aromatic nitrogens is 1. The van der Waals surface area contributed by atoms with Crippen LogP contribution in [0.2, 0.25) is 0 Å². The molecule has 3 amide bonds. The molecule has 2 aromatic rings. The number of para-hydroxylation sites is 1. The first-order chi connectivity index (χ1) is 13.0. The third-order valence-corrected chi connectivity index (χ3v) is 6.76. The number of sulfonamides is 1. The predicted octanol–water partition coefficient (Wildman–Crippen LogP) is 1.30. The summed E-state index contributed by atoms with van der Waals surface area (Å²) < 4.78 is 31.0. The maximum atomic E-state index is 12.8. The van der Waals surface area contributed by atoms with E-state index in [0.29, 0.717) is 18.5 Å². The minimum absolute atomic E-state index is 0.0107. The Morgan fingerprint density at radius 3 is 2.41 bits per heavy atom. The maximum Gasteiger partial charge on any atom is 0.332 e. The quantitative estimate of drug-likeness (QED) is 0.729. The molecule has 2 aliphatic heterocycles. The van der Waals surface area contributed by atoms with Crippen LogP contribution in [0.4, 0.5) is 10.5 Å². The summed E-state index contributed by atoms with van der Waals surface area (Å²) in [6, 6.07) is 8.26. The number of rotatable bonds is 4. The summed E-state index contributed by atoms with van der Waals surface area (Å²) in [6.45, 7) is 0.541. The minimum Gasteiger partial charge on any atom is -0.363 e. The third kappa shape index (κ3) is 3.10. The number of amides is 3. The highest BCUT2D eigenvalue weighted by molar-refractivity contribution is 7.89. The highest BCUT2D eigenvalue weighted by atomic mass is 32.2. The summed E-state index contributed by atoms with van der Waals surface area (Å²) in [5, 5.41) is 3.44. The van der Waals surface area contributed by atoms with Gasteiger partial charge < -0.3 is 9.42 Å². The fourth-order valence-electron chi connectivity index (χ4n) is 3.50. The largest absolute Gasteiger partial charge is 0.363 e. The van der Waals surface area contributed by atoms with E-state index in [4.69, 9.17) is 0 Å². The van der Waals surface area contributed by atoms with Crippen LogP contribution in [-0.2, 0) is 14.8 Å². The molecule has 1 aromatic carbocycles. The second kappa shape index (κ2) is 6.78. The smallest absolute Gasteiger partial charge is 0.332 e. The standard InChI is InChI=1S/C17H18N4O5S/c22-16-11-20(17(23)21(16)14-4-2-1-3-5-14)13-6-8-19(9-7-13)27(24,25)15-10-18-26-12-15/h1-5,10,12-13H,6-9,11H2. The van der Waals surface area contributed by atoms with Crippen molar-refractivity contribution in [2.24, 2.45) is 0 Å². The lowest BCUT2D eigenvalue weighted by Gasteiger charge is -2.35. The second-order valence-corrected chi connectivity index (χ2v) is 8.41. The number of anilines is 1. The third-order valence-electron chi connectivity index (χ3n) is 4.92. The van der Waals surface area contributed by atoms with Gasteiger partial charge in [0.2, 0.25) is 10.0 Å². The van der Waals surface area contributed by atoms with Crippen molar-refractivity contribution in [1.82, 2.24) is 14.4 Å². The monoisotopic (exact) mass is 390 g/mol. The fourth-order valence-corrected chi connectivity index (χ4v) is 4.83. The summed E-state index contributed by atoms with van der Waals surface area (Å²) in [5.41, 5.74) is 0.544. The lowest BCUT2D eigenvalue weighted by Crippen LogP contribution is -2.48. The molecule has 10 heteroatoms. The number of piperidine rings is 1. The highest BCUT2D eigenvalue weighted by Crippen LogP contribution is 2.28. The van der Waals surface area contributed by atoms with Gasteiger partial charge in [-0.25, -0.2) is 18.1 Å². The van der Waals surface area contributed by atoms with E-state index in [1.165, 1.54) is 15.4 Å². The van der Waals surface area contributed by atoms with E-state index in [1.54, 1.807) is 29.2 Å². The summed E-state index contributed by atoms with van der Waals surface area (Å²) >= 11 is 0. The number of nitrogens with zero attached hydrogens (tertiary/aromatic N) is 4. The van der Waals surface area contributed by atoms with Gasteiger partial charge in [-0.3, -0.25) is 4.79 Å². The maximum absolute atomic E-state index is 12.8. The Hall–Kier alpha value is -2.72. The zero-order valence-corrected chi connectivity index (χ0v) is 15.2. The van der Waals surface area contributed by atoms with Crippen LogP contribution in [0, 0.1) is 0 Å². The molecule has 0 saturated carbocycles. The average molecular weight is 390 g/mol. The van der Waals surface area contributed by atoms with Crippen molar-refractivity contribution in [3.05, 3.63) is 42.8 Å². The molecular weight excluding hydrogens is 372 g/mol. The van der Waals surface area contributed by atoms with Crippen molar-refractivity contribution in [3.8, 4) is 0 Å². The van der Waals surface area contributed by atoms with Gasteiger partial charge in [0, 0.05) is 19.1 Å². The van der Waals surface area contributed by atoms with Crippen molar-refractivity contribution in [2.45, 2.75) is 23.8 Å². The van der Waals surface area contributed by atoms with E-state index in [1.807, 2.05) is 6.07 Å². The van der Waals surface area contributed by atoms with Crippen molar-refractivity contribution in [2.75, 3.05) is 24.5 Å². The van der Waals surface area contributed by atoms with Gasteiger partial charge in [-0.05, 0) is 25.0 Å². The zero-order valence-electron chi connectivity index (χ0n) is 14.4. The van der Waals surface area contributed by atoms with Gasteiger partial charge in [-0.15, -0.1) is 0 Å². The van der Waals surface area contributed by atoms with Crippen molar-refractivity contribution in [3.63, 3.8) is 0 Å². The topological polar surface area (TPSA) is 104 Å². The van der Waals surface area contributed by atoms with E-state index in [0.717, 1.165) is 6.26 Å². The second-order valence-electron chi connectivity index (χ2n) is 6.47. The Morgan fingerprint density at radius 1 is 1.07 bits per heavy atom. The molecule has 142 valence electrons. The van der Waals surface area contributed by atoms with E-state index >= 15 is 0 Å². The first kappa shape index (κ1) is 17.7. The van der Waals surface area contributed by atoms with Crippen LogP contribution in [-0.4, -0.2) is 60.4 Å². The van der Waals surface area contributed by atoms with Gasteiger partial charge in [-0.2, -0.15) is 4.31 Å². The Kier molecular flexibility index (Phi) is 4.44. The Bertz CT molecular complexity index is 937. The first-order valence-electron chi connectivity index (χ1n) is 8.56. The number of carbonyl (C=O) groups is 2. The van der Waals surface area contributed by atoms with Crippen LogP contribution < -0.4 is 4.90 Å². The molecule has 0 spiro atoms. The van der Waals surface area contributed by atoms with Gasteiger partial charge in [0.05, 0.1) is 11.9 Å². The van der Waals surface area contributed by atoms with Gasteiger partial charge in [-0.1, -0.05) is 23.4 Å². The summed E-state index contributed by atoms with van der Waals surface area (Å²) in [7, 11) is -3.65. The van der Waals surface area contributed by atoms with E-state index in [2.05, 4.69) is 9.68 Å². The molecule has 9 nitrogen and oxygen atoms in total. The summed E-state index contributed by atoms with van der Waals surface area (Å²) in [6.07, 6.45) is 3.20. The molecule has 0 unspecified atom stereocenters. The molecule has 0 N–H and O–H groups in total. The molecule has 3 heterocycles. The number of carbonyl (C=O) groups excluding carboxylic acids is 2. The van der Waals surface area contributed by atoms with Crippen LogP contribution in [0.1, 0.15) is 12.8 Å². The summed E-state index contributed by atoms with van der Waals surface area (Å²) in [4.78, 5) is 27.9. The fraction of sp³-hybridized carbons (Fsp3) is 0.353. The van der Waals surface area contributed by atoms with Crippen LogP contribution in [0.3, 0.4) is 0 Å². The minimum atomic E-state index is -3.65. The number of urea groups is 1. The van der Waals surface area contributed by atoms with Crippen LogP contribution in [0.15, 0.2) is 52.2 Å². The molecule has 0 aliphatic carbocycles. The highest BCUT2D eigenvalue weighted by Gasteiger charge is 2.42. The molecule has 27 heavy (non-hydrogen) atoms. The van der Waals surface area contributed by atoms with Gasteiger partial charge in [0.1, 0.15) is 17.7 Å². The number of hydrogen-bond donors (Lipinski definition) is 0. The van der Waals surface area contributed by atoms with Crippen LogP contribution >= 0.6 is 0 Å². The van der Waals surface area contributed by atoms with E-state index < -0.39 is 10.0 Å². The molecule has 1 aromatic heterocycles. The van der Waals surface area contributed by atoms with E-state index in [-0.39, 0.29) is 42.5 Å². The molecule has 0 atom stereocenters. The number of benzene rings is 1. The van der Waals surface area contributed by atoms with E-state index in [9.17, 15) is 18.0 Å². The summed E-state index contributed by atoms with van der Waals surface area (Å²) in [5.74, 6) is -0.272. The normalized spacial score (nSPS) is 19.9. The van der Waals surface area contributed by atoms with Crippen molar-refractivity contribution < 1.29 is 22.5 Å². The van der Waals surface area contributed by atoms with Crippen molar-refractivity contribution >= 4 is 27.6 Å². The van der Waals surface area contributed by atoms with Gasteiger partial charge in [0.25, 0.3) is 5.91 Å². The molecule has 0 bridgehead atoms. The first-order valence-corrected chi connectivity index (χ1v) is 10.0. The number of imide groups is 1. The average Bonchev–Trinajstić information content (AvgIpc) is 3.31. The SMILES string of the molecule is O=C1CN(C2CCN(S(=O)(=O)c3cnoc3)CC2)C(=O)N1c1ccccc1. The molecular formula is C17H18N4O5S. The van der Waals surface area contributed by atoms with Crippen LogP contribution in [0.5, 0.6) is 0 Å². The Labute approximate surface area is 156 Å². The van der Waals surface area contributed by atoms with Crippen molar-refractivity contribution in [1.29, 1.82) is 0 Å². The lowest BCUT2D eigenvalue weighted by molar-refractivity contribution is -0.116. The lowest BCUT2D eigenvalue weighted by atomic mass is 10.1. The molecule has 2 aliphatic rings. The predicted molar refractivity (Wildman–Crippen MR) is 94.3 cm³/mol. The number of hydrogen-bond acceptors (Lipinski definition) is 6. The molecule has 4 rings (SSSR count). The van der Waals surface area contributed by atoms with Gasteiger partial charge in [0.15, 0.2) is 0 Å².